The molecule has 1 aliphatic rings. The van der Waals surface area contributed by atoms with Gasteiger partial charge < -0.3 is 30.8 Å². The number of hydrogen-bond donors (Lipinski definition) is 3. The maximum absolute atomic E-state index is 11.0. The predicted octanol–water partition coefficient (Wildman–Crippen LogP) is 2.49. The van der Waals surface area contributed by atoms with E-state index >= 15 is 0 Å². The van der Waals surface area contributed by atoms with E-state index in [1.165, 1.54) is 0 Å². The molecule has 7 nitrogen and oxygen atoms in total. The minimum absolute atomic E-state index is 0.138. The van der Waals surface area contributed by atoms with E-state index in [2.05, 4.69) is 5.32 Å². The zero-order chi connectivity index (χ0) is 20.6. The van der Waals surface area contributed by atoms with Crippen molar-refractivity contribution in [3.05, 3.63) is 18.2 Å². The smallest absolute Gasteiger partial charge is 0.448 e. The van der Waals surface area contributed by atoms with Gasteiger partial charge in [-0.15, -0.1) is 0 Å². The molecule has 0 aromatic heterocycles. The molecule has 27 heavy (non-hydrogen) atoms. The van der Waals surface area contributed by atoms with Crippen LogP contribution >= 0.6 is 0 Å². The van der Waals surface area contributed by atoms with Crippen molar-refractivity contribution >= 4 is 30.0 Å². The molecular weight excluding hydrogens is 345 g/mol. The fourth-order valence-corrected chi connectivity index (χ4v) is 2.69. The number of rotatable bonds is 5. The number of amides is 1. The summed E-state index contributed by atoms with van der Waals surface area (Å²) in [4.78, 5) is 11.0. The third kappa shape index (κ3) is 4.87. The van der Waals surface area contributed by atoms with Crippen molar-refractivity contribution in [1.29, 1.82) is 0 Å². The van der Waals surface area contributed by atoms with Gasteiger partial charge in [-0.1, -0.05) is 26.8 Å². The molecule has 0 bridgehead atoms. The topological polar surface area (TPSA) is 109 Å². The van der Waals surface area contributed by atoms with Gasteiger partial charge in [0, 0.05) is 0 Å². The fraction of sp³-hybridized carbons (Fsp3) is 0.632. The van der Waals surface area contributed by atoms with Crippen LogP contribution in [0.15, 0.2) is 18.2 Å². The van der Waals surface area contributed by atoms with Crippen LogP contribution < -0.4 is 22.2 Å². The zero-order valence-corrected chi connectivity index (χ0v) is 17.4. The lowest BCUT2D eigenvalue weighted by Crippen LogP contribution is -2.41. The van der Waals surface area contributed by atoms with Gasteiger partial charge in [-0.3, -0.25) is 0 Å². The van der Waals surface area contributed by atoms with Crippen molar-refractivity contribution < 1.29 is 18.8 Å². The molecule has 1 aromatic carbocycles. The highest BCUT2D eigenvalue weighted by atomic mass is 16.7. The van der Waals surface area contributed by atoms with E-state index in [4.69, 9.17) is 25.5 Å². The fourth-order valence-electron chi connectivity index (χ4n) is 2.69. The average molecular weight is 377 g/mol. The minimum atomic E-state index is -0.801. The Kier molecular flexibility index (Phi) is 5.73. The molecule has 0 aliphatic carbocycles. The van der Waals surface area contributed by atoms with E-state index in [0.29, 0.717) is 5.69 Å². The van der Waals surface area contributed by atoms with Crippen molar-refractivity contribution in [2.45, 2.75) is 65.7 Å². The van der Waals surface area contributed by atoms with Crippen molar-refractivity contribution in [3.8, 4) is 0 Å². The monoisotopic (exact) mass is 377 g/mol. The highest BCUT2D eigenvalue weighted by Gasteiger charge is 2.51. The second-order valence-corrected chi connectivity index (χ2v) is 9.13. The van der Waals surface area contributed by atoms with Crippen molar-refractivity contribution in [3.63, 3.8) is 0 Å². The Bertz CT molecular complexity index is 685. The second-order valence-electron chi connectivity index (χ2n) is 9.13. The Hall–Kier alpha value is -1.93. The Morgan fingerprint density at radius 3 is 2.26 bits per heavy atom. The molecule has 1 saturated heterocycles. The van der Waals surface area contributed by atoms with E-state index in [1.54, 1.807) is 0 Å². The number of benzene rings is 1. The van der Waals surface area contributed by atoms with Crippen LogP contribution in [0.2, 0.25) is 0 Å². The van der Waals surface area contributed by atoms with E-state index in [1.807, 2.05) is 66.7 Å². The molecule has 1 aliphatic heterocycles. The highest BCUT2D eigenvalue weighted by molar-refractivity contribution is 6.62. The number of anilines is 2. The van der Waals surface area contributed by atoms with E-state index in [-0.39, 0.29) is 18.1 Å². The number of ether oxygens (including phenoxy) is 1. The number of primary amides is 1. The quantitative estimate of drug-likeness (QED) is 0.537. The summed E-state index contributed by atoms with van der Waals surface area (Å²) in [7, 11) is -0.480. The number of carbonyl (C=O) groups is 1. The predicted molar refractivity (Wildman–Crippen MR) is 109 cm³/mol. The maximum Gasteiger partial charge on any atom is 0.494 e. The number of nitrogen functional groups attached to an aromatic ring is 1. The van der Waals surface area contributed by atoms with Crippen LogP contribution in [0.5, 0.6) is 0 Å². The van der Waals surface area contributed by atoms with Gasteiger partial charge in [-0.2, -0.15) is 0 Å². The molecule has 1 unspecified atom stereocenters. The van der Waals surface area contributed by atoms with Crippen LogP contribution in [0, 0.1) is 5.41 Å². The third-order valence-corrected chi connectivity index (χ3v) is 5.37. The summed E-state index contributed by atoms with van der Waals surface area (Å²) in [6.07, 6.45) is -0.801. The molecule has 150 valence electrons. The van der Waals surface area contributed by atoms with Crippen LogP contribution in [0.3, 0.4) is 0 Å². The lowest BCUT2D eigenvalue weighted by atomic mass is 9.78. The molecule has 1 heterocycles. The van der Waals surface area contributed by atoms with Crippen LogP contribution in [0.25, 0.3) is 0 Å². The Balaban J connectivity index is 2.25. The second kappa shape index (κ2) is 7.24. The number of nitrogens with one attached hydrogen (secondary N) is 1. The number of nitrogens with two attached hydrogens (primary N) is 2. The van der Waals surface area contributed by atoms with Crippen molar-refractivity contribution in [2.75, 3.05) is 17.7 Å². The first kappa shape index (κ1) is 21.4. The Morgan fingerprint density at radius 2 is 1.78 bits per heavy atom. The van der Waals surface area contributed by atoms with Crippen LogP contribution in [-0.4, -0.2) is 37.1 Å². The summed E-state index contributed by atoms with van der Waals surface area (Å²) >= 11 is 0. The summed E-state index contributed by atoms with van der Waals surface area (Å²) < 4.78 is 17.3. The van der Waals surface area contributed by atoms with Gasteiger partial charge in [0.1, 0.15) is 6.61 Å². The molecule has 2 rings (SSSR count). The summed E-state index contributed by atoms with van der Waals surface area (Å²) in [5.74, 6) is 0. The average Bonchev–Trinajstić information content (AvgIpc) is 2.72. The van der Waals surface area contributed by atoms with Gasteiger partial charge in [0.15, 0.2) is 0 Å². The van der Waals surface area contributed by atoms with Crippen molar-refractivity contribution in [2.24, 2.45) is 11.1 Å². The largest absolute Gasteiger partial charge is 0.494 e. The van der Waals surface area contributed by atoms with E-state index < -0.39 is 24.4 Å². The number of hydrogen-bond acceptors (Lipinski definition) is 6. The molecule has 0 spiro atoms. The molecule has 1 amide bonds. The molecule has 5 N–H and O–H groups in total. The van der Waals surface area contributed by atoms with Gasteiger partial charge in [0.25, 0.3) is 0 Å². The normalized spacial score (nSPS) is 19.6. The molecule has 0 radical (unpaired) electrons. The van der Waals surface area contributed by atoms with Gasteiger partial charge in [-0.25, -0.2) is 4.79 Å². The first-order valence-electron chi connectivity index (χ1n) is 9.17. The van der Waals surface area contributed by atoms with Crippen LogP contribution in [0.1, 0.15) is 48.5 Å². The van der Waals surface area contributed by atoms with Gasteiger partial charge in [0.2, 0.25) is 0 Å². The first-order chi connectivity index (χ1) is 12.2. The van der Waals surface area contributed by atoms with Gasteiger partial charge in [-0.05, 0) is 50.7 Å². The summed E-state index contributed by atoms with van der Waals surface area (Å²) in [6.45, 7) is 14.3. The SMILES string of the molecule is CC(C)(C)C(COC(N)=O)Nc1cc(B2OC(C)(C)C(C)(C)O2)ccc1N. The Labute approximate surface area is 162 Å². The van der Waals surface area contributed by atoms with Gasteiger partial charge >= 0.3 is 13.2 Å². The van der Waals surface area contributed by atoms with Crippen LogP contribution in [-0.2, 0) is 14.0 Å². The molecular formula is C19H32BN3O4. The number of carbonyl (C=O) groups excluding carboxylic acids is 1. The third-order valence-electron chi connectivity index (χ3n) is 5.37. The highest BCUT2D eigenvalue weighted by Crippen LogP contribution is 2.37. The van der Waals surface area contributed by atoms with Crippen molar-refractivity contribution in [1.82, 2.24) is 0 Å². The Morgan fingerprint density at radius 1 is 1.22 bits per heavy atom. The van der Waals surface area contributed by atoms with E-state index in [0.717, 1.165) is 11.2 Å². The lowest BCUT2D eigenvalue weighted by Gasteiger charge is -2.32. The molecule has 0 saturated carbocycles. The van der Waals surface area contributed by atoms with Gasteiger partial charge in [0.05, 0.1) is 28.6 Å². The standard InChI is InChI=1S/C19H32BN3O4/c1-17(2,3)15(11-25-16(22)24)23-14-10-12(8-9-13(14)21)20-26-18(4,5)19(6,7)27-20/h8-10,15,23H,11,21H2,1-7H3,(H2,22,24). The summed E-state index contributed by atoms with van der Waals surface area (Å²) in [5, 5.41) is 3.38. The first-order valence-corrected chi connectivity index (χ1v) is 9.17. The molecule has 1 atom stereocenters. The summed E-state index contributed by atoms with van der Waals surface area (Å²) in [5.41, 5.74) is 12.4. The zero-order valence-electron chi connectivity index (χ0n) is 17.4. The maximum atomic E-state index is 11.0. The minimum Gasteiger partial charge on any atom is -0.448 e. The van der Waals surface area contributed by atoms with E-state index in [9.17, 15) is 4.79 Å². The summed E-state index contributed by atoms with van der Waals surface area (Å²) in [6, 6.07) is 5.45. The molecule has 1 aromatic rings. The molecule has 1 fully saturated rings. The molecule has 8 heteroatoms. The lowest BCUT2D eigenvalue weighted by molar-refractivity contribution is 0.00578. The van der Waals surface area contributed by atoms with Crippen LogP contribution in [0.4, 0.5) is 16.2 Å².